The zero-order valence-corrected chi connectivity index (χ0v) is 11.8. The summed E-state index contributed by atoms with van der Waals surface area (Å²) in [6, 6.07) is 9.99. The molecule has 1 aromatic rings. The molecule has 1 rings (SSSR count). The van der Waals surface area contributed by atoms with Crippen LogP contribution in [0, 0.1) is 0 Å². The smallest absolute Gasteiger partial charge is 0.0178 e. The van der Waals surface area contributed by atoms with E-state index in [0.29, 0.717) is 6.54 Å². The summed E-state index contributed by atoms with van der Waals surface area (Å²) >= 11 is 0. The zero-order chi connectivity index (χ0) is 13.4. The molecule has 0 amide bonds. The van der Waals surface area contributed by atoms with E-state index in [1.54, 1.807) is 0 Å². The van der Waals surface area contributed by atoms with Gasteiger partial charge in [-0.3, -0.25) is 0 Å². The van der Waals surface area contributed by atoms with E-state index in [4.69, 9.17) is 5.73 Å². The largest absolute Gasteiger partial charge is 0.326 e. The molecule has 0 heterocycles. The SMILES string of the molecule is CCCNCC.CNC.NCc1ccccc1. The van der Waals surface area contributed by atoms with Crippen LogP contribution in [0.25, 0.3) is 0 Å². The number of hydrogen-bond acceptors (Lipinski definition) is 3. The van der Waals surface area contributed by atoms with Gasteiger partial charge in [0.1, 0.15) is 0 Å². The third-order valence-corrected chi connectivity index (χ3v) is 1.76. The minimum absolute atomic E-state index is 0.640. The molecule has 0 aromatic heterocycles. The number of nitrogens with one attached hydrogen (secondary N) is 2. The number of nitrogens with two attached hydrogens (primary N) is 1. The van der Waals surface area contributed by atoms with E-state index in [0.717, 1.165) is 13.1 Å². The van der Waals surface area contributed by atoms with Gasteiger partial charge in [-0.2, -0.15) is 0 Å². The predicted molar refractivity (Wildman–Crippen MR) is 78.2 cm³/mol. The summed E-state index contributed by atoms with van der Waals surface area (Å²) in [7, 11) is 3.75. The van der Waals surface area contributed by atoms with Crippen LogP contribution in [-0.2, 0) is 6.54 Å². The van der Waals surface area contributed by atoms with Crippen molar-refractivity contribution in [2.75, 3.05) is 27.2 Å². The lowest BCUT2D eigenvalue weighted by atomic mass is 10.2. The molecule has 0 aliphatic carbocycles. The summed E-state index contributed by atoms with van der Waals surface area (Å²) in [6.45, 7) is 7.20. The molecular formula is C14H29N3. The van der Waals surface area contributed by atoms with E-state index in [1.807, 2.05) is 44.4 Å². The highest BCUT2D eigenvalue weighted by Gasteiger charge is 1.80. The van der Waals surface area contributed by atoms with E-state index < -0.39 is 0 Å². The van der Waals surface area contributed by atoms with Gasteiger partial charge < -0.3 is 16.4 Å². The summed E-state index contributed by atoms with van der Waals surface area (Å²) in [5.74, 6) is 0. The first kappa shape index (κ1) is 18.5. The number of benzene rings is 1. The second-order valence-corrected chi connectivity index (χ2v) is 3.54. The van der Waals surface area contributed by atoms with Crippen LogP contribution >= 0.6 is 0 Å². The molecule has 0 spiro atoms. The fourth-order valence-electron chi connectivity index (χ4n) is 0.968. The van der Waals surface area contributed by atoms with E-state index in [-0.39, 0.29) is 0 Å². The summed E-state index contributed by atoms with van der Waals surface area (Å²) in [4.78, 5) is 0. The highest BCUT2D eigenvalue weighted by molar-refractivity contribution is 5.13. The Bertz CT molecular complexity index is 208. The Labute approximate surface area is 107 Å². The summed E-state index contributed by atoms with van der Waals surface area (Å²) in [5.41, 5.74) is 6.54. The number of hydrogen-bond donors (Lipinski definition) is 3. The number of rotatable bonds is 4. The highest BCUT2D eigenvalue weighted by atomic mass is 14.8. The topological polar surface area (TPSA) is 50.1 Å². The quantitative estimate of drug-likeness (QED) is 0.704. The van der Waals surface area contributed by atoms with Crippen molar-refractivity contribution in [3.05, 3.63) is 35.9 Å². The molecule has 0 atom stereocenters. The molecule has 100 valence electrons. The lowest BCUT2D eigenvalue weighted by Gasteiger charge is -1.91. The first-order valence-corrected chi connectivity index (χ1v) is 6.29. The molecule has 0 aliphatic rings. The second-order valence-electron chi connectivity index (χ2n) is 3.54. The lowest BCUT2D eigenvalue weighted by molar-refractivity contribution is 0.703. The van der Waals surface area contributed by atoms with Crippen molar-refractivity contribution in [3.8, 4) is 0 Å². The summed E-state index contributed by atoms with van der Waals surface area (Å²) in [6.07, 6.45) is 1.24. The Balaban J connectivity index is 0. The molecule has 17 heavy (non-hydrogen) atoms. The van der Waals surface area contributed by atoms with Gasteiger partial charge in [0.2, 0.25) is 0 Å². The molecule has 0 fully saturated rings. The van der Waals surface area contributed by atoms with Crippen molar-refractivity contribution in [3.63, 3.8) is 0 Å². The molecule has 3 nitrogen and oxygen atoms in total. The van der Waals surface area contributed by atoms with Crippen LogP contribution in [0.5, 0.6) is 0 Å². The Kier molecular flexibility index (Phi) is 19.0. The van der Waals surface area contributed by atoms with Crippen molar-refractivity contribution in [1.29, 1.82) is 0 Å². The maximum absolute atomic E-state index is 5.35. The van der Waals surface area contributed by atoms with Crippen LogP contribution in [0.15, 0.2) is 30.3 Å². The van der Waals surface area contributed by atoms with Crippen LogP contribution in [0.3, 0.4) is 0 Å². The predicted octanol–water partition coefficient (Wildman–Crippen LogP) is 1.99. The minimum atomic E-state index is 0.640. The van der Waals surface area contributed by atoms with Crippen LogP contribution in [0.4, 0.5) is 0 Å². The fraction of sp³-hybridized carbons (Fsp3) is 0.571. The molecule has 0 saturated carbocycles. The molecule has 0 aliphatic heterocycles. The van der Waals surface area contributed by atoms with Gasteiger partial charge in [-0.15, -0.1) is 0 Å². The molecule has 1 aromatic carbocycles. The lowest BCUT2D eigenvalue weighted by Crippen LogP contribution is -2.12. The van der Waals surface area contributed by atoms with Gasteiger partial charge in [0, 0.05) is 6.54 Å². The molecule has 4 N–H and O–H groups in total. The van der Waals surface area contributed by atoms with Crippen LogP contribution < -0.4 is 16.4 Å². The Hall–Kier alpha value is -0.900. The normalized spacial score (nSPS) is 8.53. The molecule has 0 radical (unpaired) electrons. The first-order chi connectivity index (χ1) is 8.26. The van der Waals surface area contributed by atoms with Crippen molar-refractivity contribution in [2.24, 2.45) is 5.73 Å². The Morgan fingerprint density at radius 2 is 1.59 bits per heavy atom. The minimum Gasteiger partial charge on any atom is -0.326 e. The van der Waals surface area contributed by atoms with Gasteiger partial charge >= 0.3 is 0 Å². The highest BCUT2D eigenvalue weighted by Crippen LogP contribution is 1.94. The van der Waals surface area contributed by atoms with E-state index in [9.17, 15) is 0 Å². The average molecular weight is 239 g/mol. The van der Waals surface area contributed by atoms with E-state index >= 15 is 0 Å². The maximum Gasteiger partial charge on any atom is 0.0178 e. The van der Waals surface area contributed by atoms with Gasteiger partial charge in [-0.1, -0.05) is 44.2 Å². The average Bonchev–Trinajstić information content (AvgIpc) is 2.39. The van der Waals surface area contributed by atoms with Crippen molar-refractivity contribution < 1.29 is 0 Å². The van der Waals surface area contributed by atoms with Gasteiger partial charge in [0.05, 0.1) is 0 Å². The molecular weight excluding hydrogens is 210 g/mol. The monoisotopic (exact) mass is 239 g/mol. The Morgan fingerprint density at radius 1 is 1.06 bits per heavy atom. The third kappa shape index (κ3) is 17.7. The third-order valence-electron chi connectivity index (χ3n) is 1.76. The maximum atomic E-state index is 5.35. The van der Waals surface area contributed by atoms with Gasteiger partial charge in [-0.25, -0.2) is 0 Å². The summed E-state index contributed by atoms with van der Waals surface area (Å²) in [5, 5.41) is 5.95. The fourth-order valence-corrected chi connectivity index (χ4v) is 0.968. The first-order valence-electron chi connectivity index (χ1n) is 6.29. The van der Waals surface area contributed by atoms with E-state index in [1.165, 1.54) is 12.0 Å². The van der Waals surface area contributed by atoms with Crippen LogP contribution in [0.2, 0.25) is 0 Å². The second kappa shape index (κ2) is 17.5. The van der Waals surface area contributed by atoms with Gasteiger partial charge in [0.25, 0.3) is 0 Å². The van der Waals surface area contributed by atoms with Crippen molar-refractivity contribution in [2.45, 2.75) is 26.8 Å². The van der Waals surface area contributed by atoms with Gasteiger partial charge in [-0.05, 0) is 39.2 Å². The summed E-state index contributed by atoms with van der Waals surface area (Å²) < 4.78 is 0. The molecule has 0 bridgehead atoms. The van der Waals surface area contributed by atoms with Gasteiger partial charge in [0.15, 0.2) is 0 Å². The molecule has 0 unspecified atom stereocenters. The van der Waals surface area contributed by atoms with Crippen LogP contribution in [-0.4, -0.2) is 27.2 Å². The van der Waals surface area contributed by atoms with Crippen LogP contribution in [0.1, 0.15) is 25.8 Å². The zero-order valence-electron chi connectivity index (χ0n) is 11.8. The van der Waals surface area contributed by atoms with Crippen molar-refractivity contribution >= 4 is 0 Å². The standard InChI is InChI=1S/C7H9N.C5H13N.C2H7N/c8-6-7-4-2-1-3-5-7;1-3-5-6-4-2;1-3-2/h1-5H,6,8H2;6H,3-5H2,1-2H3;3H,1-2H3. The Morgan fingerprint density at radius 3 is 1.82 bits per heavy atom. The van der Waals surface area contributed by atoms with Crippen molar-refractivity contribution in [1.82, 2.24) is 10.6 Å². The van der Waals surface area contributed by atoms with E-state index in [2.05, 4.69) is 24.5 Å². The molecule has 0 saturated heterocycles. The molecule has 3 heteroatoms.